The first-order valence-corrected chi connectivity index (χ1v) is 15.8. The Morgan fingerprint density at radius 1 is 0.396 bits per heavy atom. The molecule has 0 aliphatic rings. The van der Waals surface area contributed by atoms with E-state index in [4.69, 9.17) is 0 Å². The van der Waals surface area contributed by atoms with E-state index in [1.165, 1.54) is 30.4 Å². The maximum absolute atomic E-state index is 13.9. The molecule has 1 heterocycles. The molecule has 0 aliphatic heterocycles. The van der Waals surface area contributed by atoms with Gasteiger partial charge in [-0.1, -0.05) is 91.0 Å². The third-order valence-electron chi connectivity index (χ3n) is 8.53. The van der Waals surface area contributed by atoms with Gasteiger partial charge in [0.15, 0.2) is 0 Å². The lowest BCUT2D eigenvalue weighted by Gasteiger charge is -2.31. The number of quaternary nitrogens is 3. The van der Waals surface area contributed by atoms with Crippen molar-refractivity contribution in [3.05, 3.63) is 139 Å². The summed E-state index contributed by atoms with van der Waals surface area (Å²) in [5.41, 5.74) is 1.98. The number of halogens is 3. The molecule has 3 aromatic carbocycles. The van der Waals surface area contributed by atoms with Gasteiger partial charge in [-0.2, -0.15) is 0 Å². The topological polar surface area (TPSA) is 66.0 Å². The predicted octanol–water partition coefficient (Wildman–Crippen LogP) is -5.99. The number of nitrogens with zero attached hydrogens (tertiary/aromatic N) is 6. The van der Waals surface area contributed by atoms with Crippen LogP contribution in [0.2, 0.25) is 0 Å². The highest BCUT2D eigenvalue weighted by molar-refractivity contribution is 5.14. The smallest absolute Gasteiger partial charge is 0.336 e. The van der Waals surface area contributed by atoms with E-state index < -0.39 is 17.1 Å². The van der Waals surface area contributed by atoms with E-state index in [-0.39, 0.29) is 56.9 Å². The molecular weight excluding hydrogens is 671 g/mol. The number of hydrogen-bond acceptors (Lipinski definition) is 3. The van der Waals surface area contributed by atoms with Crippen LogP contribution in [0, 0.1) is 0 Å². The highest BCUT2D eigenvalue weighted by Gasteiger charge is 2.24. The number of aromatic nitrogens is 3. The quantitative estimate of drug-likeness (QED) is 0.115. The monoisotopic (exact) mass is 720 g/mol. The van der Waals surface area contributed by atoms with E-state index in [9.17, 15) is 14.4 Å². The van der Waals surface area contributed by atoms with Crippen LogP contribution >= 0.6 is 0 Å². The summed E-state index contributed by atoms with van der Waals surface area (Å²) >= 11 is 0. The lowest BCUT2D eigenvalue weighted by Crippen LogP contribution is -3.00. The molecule has 0 amide bonds. The van der Waals surface area contributed by atoms with Gasteiger partial charge < -0.3 is 50.7 Å². The van der Waals surface area contributed by atoms with E-state index in [0.717, 1.165) is 19.6 Å². The zero-order chi connectivity index (χ0) is 32.7. The molecule has 0 unspecified atom stereocenters. The zero-order valence-corrected chi connectivity index (χ0v) is 31.3. The van der Waals surface area contributed by atoms with Crippen molar-refractivity contribution in [2.75, 3.05) is 61.9 Å². The largest absolute Gasteiger partial charge is 1.00 e. The van der Waals surface area contributed by atoms with E-state index in [1.54, 1.807) is 0 Å². The van der Waals surface area contributed by atoms with Gasteiger partial charge in [-0.15, -0.1) is 0 Å². The third-order valence-corrected chi connectivity index (χ3v) is 8.53. The fraction of sp³-hybridized carbons (Fsp3) is 0.417. The van der Waals surface area contributed by atoms with Gasteiger partial charge in [0.2, 0.25) is 0 Å². The Labute approximate surface area is 303 Å². The molecule has 0 atom stereocenters. The minimum Gasteiger partial charge on any atom is -1.00 e. The van der Waals surface area contributed by atoms with E-state index in [1.807, 2.05) is 54.6 Å². The van der Waals surface area contributed by atoms with Crippen molar-refractivity contribution in [2.24, 2.45) is 0 Å². The molecule has 0 radical (unpaired) electrons. The summed E-state index contributed by atoms with van der Waals surface area (Å²) in [5, 5.41) is 0. The van der Waals surface area contributed by atoms with Gasteiger partial charge in [-0.05, 0) is 0 Å². The van der Waals surface area contributed by atoms with Crippen LogP contribution in [-0.2, 0) is 39.3 Å². The SMILES string of the molecule is C[N+](C)(CCn1c(=O)n(CC[N+](C)(C)Cc2ccccc2)c(=O)n(CC[N+](C)(C)Cc2ccccc2)c1=O)Cc1ccccc1.[Cl-].[Cl-].[Cl-]. The maximum atomic E-state index is 13.9. The van der Waals surface area contributed by atoms with Crippen LogP contribution < -0.4 is 54.3 Å². The number of rotatable bonds is 15. The molecule has 4 rings (SSSR count). The average Bonchev–Trinajstić information content (AvgIpc) is 2.97. The van der Waals surface area contributed by atoms with Crippen LogP contribution in [0.3, 0.4) is 0 Å². The molecule has 0 saturated heterocycles. The molecule has 4 aromatic rings. The van der Waals surface area contributed by atoms with Crippen molar-refractivity contribution >= 4 is 0 Å². The van der Waals surface area contributed by atoms with Gasteiger partial charge in [-0.3, -0.25) is 0 Å². The summed E-state index contributed by atoms with van der Waals surface area (Å²) in [4.78, 5) is 41.6. The molecule has 264 valence electrons. The normalized spacial score (nSPS) is 11.6. The summed E-state index contributed by atoms with van der Waals surface area (Å²) in [5.74, 6) is 0. The molecule has 0 spiro atoms. The van der Waals surface area contributed by atoms with Gasteiger partial charge in [0, 0.05) is 16.7 Å². The Bertz CT molecular complexity index is 1490. The first-order chi connectivity index (χ1) is 21.3. The second-order valence-electron chi connectivity index (χ2n) is 14.2. The molecule has 0 N–H and O–H groups in total. The molecule has 1 aromatic heterocycles. The summed E-state index contributed by atoms with van der Waals surface area (Å²) < 4.78 is 5.62. The van der Waals surface area contributed by atoms with Crippen molar-refractivity contribution in [3.8, 4) is 0 Å². The van der Waals surface area contributed by atoms with Crippen molar-refractivity contribution < 1.29 is 50.7 Å². The van der Waals surface area contributed by atoms with Crippen molar-refractivity contribution in [1.29, 1.82) is 0 Å². The van der Waals surface area contributed by atoms with Gasteiger partial charge in [0.05, 0.1) is 81.6 Å². The zero-order valence-electron chi connectivity index (χ0n) is 29.1. The Balaban J connectivity index is 0.00000384. The highest BCUT2D eigenvalue weighted by atomic mass is 35.5. The van der Waals surface area contributed by atoms with Crippen molar-refractivity contribution in [3.63, 3.8) is 0 Å². The number of benzene rings is 3. The Morgan fingerprint density at radius 3 is 0.812 bits per heavy atom. The third kappa shape index (κ3) is 12.4. The van der Waals surface area contributed by atoms with Crippen LogP contribution in [-0.4, -0.2) is 89.1 Å². The maximum Gasteiger partial charge on any atom is 0.336 e. The lowest BCUT2D eigenvalue weighted by atomic mass is 10.2. The Hall–Kier alpha value is -3.18. The molecular formula is C36H51Cl3N6O3. The fourth-order valence-corrected chi connectivity index (χ4v) is 5.84. The van der Waals surface area contributed by atoms with E-state index in [0.29, 0.717) is 33.1 Å². The Morgan fingerprint density at radius 2 is 0.604 bits per heavy atom. The van der Waals surface area contributed by atoms with E-state index in [2.05, 4.69) is 78.7 Å². The number of likely N-dealkylation sites (N-methyl/N-ethyl adjacent to an activating group) is 3. The first kappa shape index (κ1) is 42.8. The predicted molar refractivity (Wildman–Crippen MR) is 181 cm³/mol. The number of hydrogen-bond donors (Lipinski definition) is 0. The van der Waals surface area contributed by atoms with Gasteiger partial charge in [0.1, 0.15) is 19.6 Å². The second kappa shape index (κ2) is 18.5. The average molecular weight is 722 g/mol. The van der Waals surface area contributed by atoms with E-state index >= 15 is 0 Å². The summed E-state index contributed by atoms with van der Waals surface area (Å²) in [6, 6.07) is 30.6. The Kier molecular flexibility index (Phi) is 16.6. The van der Waals surface area contributed by atoms with Gasteiger partial charge in [0.25, 0.3) is 0 Å². The van der Waals surface area contributed by atoms with Crippen LogP contribution in [0.5, 0.6) is 0 Å². The fourth-order valence-electron chi connectivity index (χ4n) is 5.84. The van der Waals surface area contributed by atoms with Crippen molar-refractivity contribution in [1.82, 2.24) is 13.7 Å². The van der Waals surface area contributed by atoms with Crippen LogP contribution in [0.15, 0.2) is 105 Å². The molecule has 0 aliphatic carbocycles. The highest BCUT2D eigenvalue weighted by Crippen LogP contribution is 2.11. The summed E-state index contributed by atoms with van der Waals surface area (Å²) in [6.45, 7) is 4.65. The minimum absolute atomic E-state index is 0. The minimum atomic E-state index is -0.529. The van der Waals surface area contributed by atoms with Crippen LogP contribution in [0.25, 0.3) is 0 Å². The van der Waals surface area contributed by atoms with Crippen molar-refractivity contribution in [2.45, 2.75) is 39.3 Å². The van der Waals surface area contributed by atoms with Gasteiger partial charge >= 0.3 is 17.1 Å². The summed E-state index contributed by atoms with van der Waals surface area (Å²) in [6.07, 6.45) is 0. The second-order valence-corrected chi connectivity index (χ2v) is 14.2. The molecule has 9 nitrogen and oxygen atoms in total. The van der Waals surface area contributed by atoms with Crippen LogP contribution in [0.1, 0.15) is 16.7 Å². The first-order valence-electron chi connectivity index (χ1n) is 15.8. The lowest BCUT2D eigenvalue weighted by molar-refractivity contribution is -0.904. The molecule has 48 heavy (non-hydrogen) atoms. The molecule has 0 saturated carbocycles. The van der Waals surface area contributed by atoms with Gasteiger partial charge in [-0.25, -0.2) is 28.1 Å². The molecule has 12 heteroatoms. The molecule has 0 bridgehead atoms. The molecule has 0 fully saturated rings. The van der Waals surface area contributed by atoms with Crippen LogP contribution in [0.4, 0.5) is 0 Å². The standard InChI is InChI=1S/C36H51N6O3.3ClH/c1-40(2,28-31-16-10-7-11-17-31)25-22-37-34(43)38(23-26-41(3,4)29-32-18-12-8-13-19-32)36(45)39(35(37)44)24-27-42(5,6)30-33-20-14-9-15-21-33;;;/h7-21H,22-30H2,1-6H3;3*1H/q+3;;;/p-3. The summed E-state index contributed by atoms with van der Waals surface area (Å²) in [7, 11) is 12.6.